The molecule has 0 aromatic heterocycles. The number of ether oxygens (including phenoxy) is 1. The Morgan fingerprint density at radius 3 is 2.32 bits per heavy atom. The van der Waals surface area contributed by atoms with Crippen LogP contribution in [0, 0.1) is 0 Å². The number of carbonyl (C=O) groups is 2. The van der Waals surface area contributed by atoms with Crippen LogP contribution in [0.15, 0.2) is 46.9 Å². The number of hydrogen-bond acceptors (Lipinski definition) is 3. The molecule has 0 saturated carbocycles. The van der Waals surface area contributed by atoms with E-state index in [0.717, 1.165) is 0 Å². The molecule has 0 aliphatic carbocycles. The number of benzene rings is 2. The quantitative estimate of drug-likeness (QED) is 0.871. The molecule has 0 heterocycles. The first-order chi connectivity index (χ1) is 10.5. The molecule has 0 radical (unpaired) electrons. The maximum atomic E-state index is 12.2. The van der Waals surface area contributed by atoms with Crippen LogP contribution >= 0.6 is 15.9 Å². The fourth-order valence-corrected chi connectivity index (χ4v) is 2.43. The Morgan fingerprint density at radius 1 is 1.05 bits per heavy atom. The molecule has 0 aliphatic heterocycles. The van der Waals surface area contributed by atoms with E-state index in [1.165, 1.54) is 6.92 Å². The van der Waals surface area contributed by atoms with Crippen LogP contribution in [0.3, 0.4) is 0 Å². The van der Waals surface area contributed by atoms with Gasteiger partial charge in [-0.15, -0.1) is 0 Å². The monoisotopic (exact) mass is 362 g/mol. The number of nitrogens with one attached hydrogen (secondary N) is 2. The van der Waals surface area contributed by atoms with Gasteiger partial charge in [0.25, 0.3) is 5.91 Å². The van der Waals surface area contributed by atoms with E-state index < -0.39 is 0 Å². The van der Waals surface area contributed by atoms with Crippen molar-refractivity contribution in [2.75, 3.05) is 17.7 Å². The van der Waals surface area contributed by atoms with Crippen LogP contribution in [0.5, 0.6) is 5.75 Å². The first kappa shape index (κ1) is 16.0. The van der Waals surface area contributed by atoms with Crippen molar-refractivity contribution in [3.05, 3.63) is 52.5 Å². The smallest absolute Gasteiger partial charge is 0.255 e. The molecule has 2 amide bonds. The molecule has 6 heteroatoms. The van der Waals surface area contributed by atoms with Crippen LogP contribution in [0.2, 0.25) is 0 Å². The summed E-state index contributed by atoms with van der Waals surface area (Å²) in [7, 11) is 1.56. The van der Waals surface area contributed by atoms with E-state index in [4.69, 9.17) is 4.74 Å². The average molecular weight is 363 g/mol. The van der Waals surface area contributed by atoms with E-state index in [1.54, 1.807) is 49.6 Å². The summed E-state index contributed by atoms with van der Waals surface area (Å²) in [6.07, 6.45) is 0. The fourth-order valence-electron chi connectivity index (χ4n) is 1.89. The summed E-state index contributed by atoms with van der Waals surface area (Å²) in [6, 6.07) is 12.0. The molecule has 114 valence electrons. The number of anilines is 2. The highest BCUT2D eigenvalue weighted by Gasteiger charge is 2.09. The van der Waals surface area contributed by atoms with Crippen molar-refractivity contribution >= 4 is 39.1 Å². The number of hydrogen-bond donors (Lipinski definition) is 2. The third kappa shape index (κ3) is 4.08. The summed E-state index contributed by atoms with van der Waals surface area (Å²) in [4.78, 5) is 23.3. The van der Waals surface area contributed by atoms with Crippen molar-refractivity contribution < 1.29 is 14.3 Å². The molecule has 2 rings (SSSR count). The molecule has 2 aromatic rings. The molecular formula is C16H15BrN2O3. The molecule has 22 heavy (non-hydrogen) atoms. The minimum Gasteiger partial charge on any atom is -0.496 e. The van der Waals surface area contributed by atoms with Crippen LogP contribution in [-0.4, -0.2) is 18.9 Å². The van der Waals surface area contributed by atoms with Gasteiger partial charge in [-0.05, 0) is 52.3 Å². The lowest BCUT2D eigenvalue weighted by atomic mass is 10.2. The highest BCUT2D eigenvalue weighted by atomic mass is 79.9. The minimum atomic E-state index is -0.247. The van der Waals surface area contributed by atoms with Gasteiger partial charge in [-0.25, -0.2) is 0 Å². The maximum Gasteiger partial charge on any atom is 0.255 e. The highest BCUT2D eigenvalue weighted by Crippen LogP contribution is 2.26. The number of methoxy groups -OCH3 is 1. The van der Waals surface area contributed by atoms with E-state index in [0.29, 0.717) is 27.2 Å². The summed E-state index contributed by atoms with van der Waals surface area (Å²) in [5.74, 6) is 0.245. The summed E-state index contributed by atoms with van der Waals surface area (Å²) < 4.78 is 5.84. The summed E-state index contributed by atoms with van der Waals surface area (Å²) in [5, 5.41) is 5.45. The van der Waals surface area contributed by atoms with Crippen molar-refractivity contribution in [3.8, 4) is 5.75 Å². The Morgan fingerprint density at radius 2 is 1.73 bits per heavy atom. The molecular weight excluding hydrogens is 348 g/mol. The first-order valence-corrected chi connectivity index (χ1v) is 7.31. The molecule has 5 nitrogen and oxygen atoms in total. The molecule has 2 N–H and O–H groups in total. The van der Waals surface area contributed by atoms with Gasteiger partial charge in [0, 0.05) is 23.9 Å². The van der Waals surface area contributed by atoms with E-state index in [1.807, 2.05) is 0 Å². The maximum absolute atomic E-state index is 12.2. The Hall–Kier alpha value is -2.34. The Kier molecular flexibility index (Phi) is 5.16. The molecule has 0 atom stereocenters. The van der Waals surface area contributed by atoms with E-state index in [9.17, 15) is 9.59 Å². The normalized spacial score (nSPS) is 9.95. The molecule has 0 aliphatic rings. The second-order valence-electron chi connectivity index (χ2n) is 4.57. The van der Waals surface area contributed by atoms with Gasteiger partial charge in [-0.1, -0.05) is 6.07 Å². The molecule has 0 spiro atoms. The van der Waals surface area contributed by atoms with E-state index >= 15 is 0 Å². The number of amides is 2. The van der Waals surface area contributed by atoms with E-state index in [-0.39, 0.29) is 11.8 Å². The van der Waals surface area contributed by atoms with Gasteiger partial charge in [-0.2, -0.15) is 0 Å². The number of halogens is 1. The van der Waals surface area contributed by atoms with Crippen LogP contribution in [-0.2, 0) is 4.79 Å². The topological polar surface area (TPSA) is 67.4 Å². The van der Waals surface area contributed by atoms with Crippen molar-refractivity contribution in [2.24, 2.45) is 0 Å². The van der Waals surface area contributed by atoms with E-state index in [2.05, 4.69) is 26.6 Å². The lowest BCUT2D eigenvalue weighted by molar-refractivity contribution is -0.114. The lowest BCUT2D eigenvalue weighted by Crippen LogP contribution is -2.12. The zero-order valence-electron chi connectivity index (χ0n) is 12.1. The predicted octanol–water partition coefficient (Wildman–Crippen LogP) is 3.67. The molecule has 0 saturated heterocycles. The van der Waals surface area contributed by atoms with Gasteiger partial charge in [-0.3, -0.25) is 9.59 Å². The third-order valence-electron chi connectivity index (χ3n) is 2.85. The van der Waals surface area contributed by atoms with Gasteiger partial charge in [0.15, 0.2) is 0 Å². The standard InChI is InChI=1S/C16H15BrN2O3/c1-10(20)18-12-4-3-5-13(9-12)19-16(21)11-6-7-15(22-2)14(17)8-11/h3-9H,1-2H3,(H,18,20)(H,19,21). The predicted molar refractivity (Wildman–Crippen MR) is 89.4 cm³/mol. The second kappa shape index (κ2) is 7.09. The van der Waals surface area contributed by atoms with Crippen LogP contribution in [0.4, 0.5) is 11.4 Å². The minimum absolute atomic E-state index is 0.164. The number of carbonyl (C=O) groups excluding carboxylic acids is 2. The van der Waals surface area contributed by atoms with Gasteiger partial charge in [0.2, 0.25) is 5.91 Å². The summed E-state index contributed by atoms with van der Waals surface area (Å²) >= 11 is 3.35. The zero-order valence-corrected chi connectivity index (χ0v) is 13.7. The van der Waals surface area contributed by atoms with Gasteiger partial charge < -0.3 is 15.4 Å². The van der Waals surface area contributed by atoms with Crippen molar-refractivity contribution in [1.82, 2.24) is 0 Å². The second-order valence-corrected chi connectivity index (χ2v) is 5.42. The fraction of sp³-hybridized carbons (Fsp3) is 0.125. The molecule has 0 fully saturated rings. The Labute approximate surface area is 136 Å². The Balaban J connectivity index is 2.15. The van der Waals surface area contributed by atoms with Crippen LogP contribution in [0.1, 0.15) is 17.3 Å². The SMILES string of the molecule is COc1ccc(C(=O)Nc2cccc(NC(C)=O)c2)cc1Br. The van der Waals surface area contributed by atoms with Crippen molar-refractivity contribution in [3.63, 3.8) is 0 Å². The van der Waals surface area contributed by atoms with Gasteiger partial charge in [0.1, 0.15) is 5.75 Å². The molecule has 0 unspecified atom stereocenters. The zero-order chi connectivity index (χ0) is 16.1. The Bertz CT molecular complexity index is 716. The average Bonchev–Trinajstić information content (AvgIpc) is 2.46. The lowest BCUT2D eigenvalue weighted by Gasteiger charge is -2.09. The highest BCUT2D eigenvalue weighted by molar-refractivity contribution is 9.10. The third-order valence-corrected chi connectivity index (χ3v) is 3.47. The largest absolute Gasteiger partial charge is 0.496 e. The number of rotatable bonds is 4. The van der Waals surface area contributed by atoms with Crippen LogP contribution < -0.4 is 15.4 Å². The summed E-state index contributed by atoms with van der Waals surface area (Å²) in [5.41, 5.74) is 1.72. The summed E-state index contributed by atoms with van der Waals surface area (Å²) in [6.45, 7) is 1.43. The molecule has 0 bridgehead atoms. The van der Waals surface area contributed by atoms with Crippen molar-refractivity contribution in [2.45, 2.75) is 6.92 Å². The van der Waals surface area contributed by atoms with Gasteiger partial charge >= 0.3 is 0 Å². The van der Waals surface area contributed by atoms with Crippen LogP contribution in [0.25, 0.3) is 0 Å². The van der Waals surface area contributed by atoms with Crippen molar-refractivity contribution in [1.29, 1.82) is 0 Å². The first-order valence-electron chi connectivity index (χ1n) is 6.52. The van der Waals surface area contributed by atoms with Gasteiger partial charge in [0.05, 0.1) is 11.6 Å². The molecule has 2 aromatic carbocycles.